The Morgan fingerprint density at radius 3 is 2.81 bits per heavy atom. The zero-order valence-corrected chi connectivity index (χ0v) is 10.4. The van der Waals surface area contributed by atoms with Gasteiger partial charge in [-0.2, -0.15) is 5.10 Å². The Morgan fingerprint density at radius 2 is 2.19 bits per heavy atom. The normalized spacial score (nSPS) is 15.2. The number of nitrogens with zero attached hydrogens (tertiary/aromatic N) is 4. The molecule has 86 valence electrons. The zero-order valence-electron chi connectivity index (χ0n) is 9.68. The number of fused-ring (bicyclic) bond motifs is 1. The van der Waals surface area contributed by atoms with Gasteiger partial charge in [-0.1, -0.05) is 6.92 Å². The second kappa shape index (κ2) is 4.37. The van der Waals surface area contributed by atoms with Crippen molar-refractivity contribution in [1.29, 1.82) is 0 Å². The van der Waals surface area contributed by atoms with Crippen LogP contribution < -0.4 is 0 Å². The molecule has 2 aromatic rings. The highest BCUT2D eigenvalue weighted by Crippen LogP contribution is 2.29. The van der Waals surface area contributed by atoms with E-state index in [1.165, 1.54) is 0 Å². The first kappa shape index (κ1) is 11.3. The van der Waals surface area contributed by atoms with Gasteiger partial charge >= 0.3 is 0 Å². The third-order valence-electron chi connectivity index (χ3n) is 2.91. The van der Waals surface area contributed by atoms with E-state index in [2.05, 4.69) is 22.0 Å². The Morgan fingerprint density at radius 1 is 1.44 bits per heavy atom. The predicted molar refractivity (Wildman–Crippen MR) is 64.7 cm³/mol. The molecule has 2 atom stereocenters. The topological polar surface area (TPSA) is 43.6 Å². The fraction of sp³-hybridized carbons (Fsp3) is 0.545. The number of halogens is 1. The van der Waals surface area contributed by atoms with E-state index in [4.69, 9.17) is 11.6 Å². The highest BCUT2D eigenvalue weighted by atomic mass is 35.5. The molecule has 0 radical (unpaired) electrons. The van der Waals surface area contributed by atoms with Gasteiger partial charge in [-0.3, -0.25) is 4.68 Å². The first-order chi connectivity index (χ1) is 7.65. The second-order valence-corrected chi connectivity index (χ2v) is 4.65. The van der Waals surface area contributed by atoms with Crippen LogP contribution in [-0.4, -0.2) is 25.1 Å². The molecule has 2 aromatic heterocycles. The van der Waals surface area contributed by atoms with E-state index >= 15 is 0 Å². The molecule has 5 heteroatoms. The Hall–Kier alpha value is -1.16. The molecule has 0 N–H and O–H groups in total. The Kier molecular flexibility index (Phi) is 3.10. The van der Waals surface area contributed by atoms with Crippen LogP contribution >= 0.6 is 11.6 Å². The molecule has 0 saturated carbocycles. The van der Waals surface area contributed by atoms with E-state index in [0.717, 1.165) is 23.1 Å². The lowest BCUT2D eigenvalue weighted by Crippen LogP contribution is -2.11. The van der Waals surface area contributed by atoms with Crippen LogP contribution in [0.15, 0.2) is 12.5 Å². The maximum atomic E-state index is 6.20. The minimum absolute atomic E-state index is 0.0586. The SMILES string of the molecule is CCC(c1ncnc2c1cnn2C)C(C)Cl. The first-order valence-corrected chi connectivity index (χ1v) is 5.85. The lowest BCUT2D eigenvalue weighted by atomic mass is 9.97. The minimum atomic E-state index is 0.0586. The van der Waals surface area contributed by atoms with Crippen molar-refractivity contribution in [2.75, 3.05) is 0 Å². The van der Waals surface area contributed by atoms with E-state index < -0.39 is 0 Å². The second-order valence-electron chi connectivity index (χ2n) is 3.96. The largest absolute Gasteiger partial charge is 0.250 e. The standard InChI is InChI=1S/C11H15ClN4/c1-4-8(7(2)12)10-9-5-15-16(3)11(9)14-6-13-10/h5-8H,4H2,1-3H3. The van der Waals surface area contributed by atoms with Crippen molar-refractivity contribution in [3.05, 3.63) is 18.2 Å². The van der Waals surface area contributed by atoms with Crippen LogP contribution in [0.1, 0.15) is 31.9 Å². The molecule has 0 fully saturated rings. The van der Waals surface area contributed by atoms with Crippen molar-refractivity contribution in [2.24, 2.45) is 7.05 Å². The predicted octanol–water partition coefficient (Wildman–Crippen LogP) is 2.48. The fourth-order valence-electron chi connectivity index (χ4n) is 2.01. The average molecular weight is 239 g/mol. The molecule has 0 aliphatic rings. The van der Waals surface area contributed by atoms with Crippen molar-refractivity contribution in [3.8, 4) is 0 Å². The van der Waals surface area contributed by atoms with Gasteiger partial charge < -0.3 is 0 Å². The summed E-state index contributed by atoms with van der Waals surface area (Å²) in [6.45, 7) is 4.12. The van der Waals surface area contributed by atoms with Crippen LogP contribution in [0.5, 0.6) is 0 Å². The summed E-state index contributed by atoms with van der Waals surface area (Å²) < 4.78 is 1.76. The number of aromatic nitrogens is 4. The maximum Gasteiger partial charge on any atom is 0.161 e. The monoisotopic (exact) mass is 238 g/mol. The van der Waals surface area contributed by atoms with Gasteiger partial charge in [0.05, 0.1) is 17.3 Å². The van der Waals surface area contributed by atoms with Gasteiger partial charge in [-0.15, -0.1) is 11.6 Å². The molecule has 0 aliphatic carbocycles. The number of hydrogen-bond donors (Lipinski definition) is 0. The molecule has 0 aliphatic heterocycles. The van der Waals surface area contributed by atoms with Gasteiger partial charge in [0.15, 0.2) is 5.65 Å². The van der Waals surface area contributed by atoms with Gasteiger partial charge in [0, 0.05) is 18.3 Å². The number of hydrogen-bond acceptors (Lipinski definition) is 3. The molecule has 16 heavy (non-hydrogen) atoms. The summed E-state index contributed by atoms with van der Waals surface area (Å²) in [5, 5.41) is 5.27. The highest BCUT2D eigenvalue weighted by molar-refractivity contribution is 6.21. The summed E-state index contributed by atoms with van der Waals surface area (Å²) >= 11 is 6.20. The first-order valence-electron chi connectivity index (χ1n) is 5.41. The molecule has 0 aromatic carbocycles. The lowest BCUT2D eigenvalue weighted by molar-refractivity contribution is 0.634. The van der Waals surface area contributed by atoms with E-state index in [1.54, 1.807) is 11.0 Å². The molecule has 2 rings (SSSR count). The van der Waals surface area contributed by atoms with Crippen molar-refractivity contribution in [1.82, 2.24) is 19.7 Å². The molecule has 0 saturated heterocycles. The molecular weight excluding hydrogens is 224 g/mol. The molecule has 0 spiro atoms. The third-order valence-corrected chi connectivity index (χ3v) is 3.21. The summed E-state index contributed by atoms with van der Waals surface area (Å²) in [7, 11) is 1.88. The average Bonchev–Trinajstić information content (AvgIpc) is 2.62. The minimum Gasteiger partial charge on any atom is -0.250 e. The van der Waals surface area contributed by atoms with Crippen LogP contribution in [0, 0.1) is 0 Å². The zero-order chi connectivity index (χ0) is 11.7. The van der Waals surface area contributed by atoms with Crippen LogP contribution in [0.25, 0.3) is 11.0 Å². The van der Waals surface area contributed by atoms with Gasteiger partial charge in [0.1, 0.15) is 6.33 Å². The summed E-state index contributed by atoms with van der Waals surface area (Å²) in [6.07, 6.45) is 4.36. The van der Waals surface area contributed by atoms with E-state index in [1.807, 2.05) is 20.2 Å². The Balaban J connectivity index is 2.59. The van der Waals surface area contributed by atoms with Gasteiger partial charge in [-0.05, 0) is 13.3 Å². The highest BCUT2D eigenvalue weighted by Gasteiger charge is 2.20. The number of alkyl halides is 1. The molecule has 0 amide bonds. The van der Waals surface area contributed by atoms with Crippen LogP contribution in [0.2, 0.25) is 0 Å². The van der Waals surface area contributed by atoms with Crippen LogP contribution in [0.4, 0.5) is 0 Å². The van der Waals surface area contributed by atoms with Crippen molar-refractivity contribution in [3.63, 3.8) is 0 Å². The summed E-state index contributed by atoms with van der Waals surface area (Å²) in [4.78, 5) is 8.59. The summed E-state index contributed by atoms with van der Waals surface area (Å²) in [5.74, 6) is 0.247. The van der Waals surface area contributed by atoms with Crippen molar-refractivity contribution < 1.29 is 0 Å². The van der Waals surface area contributed by atoms with Gasteiger partial charge in [0.2, 0.25) is 0 Å². The van der Waals surface area contributed by atoms with Gasteiger partial charge in [-0.25, -0.2) is 9.97 Å². The lowest BCUT2D eigenvalue weighted by Gasteiger charge is -2.16. The Bertz CT molecular complexity index is 492. The Labute approximate surface area is 99.7 Å². The van der Waals surface area contributed by atoms with Crippen LogP contribution in [0.3, 0.4) is 0 Å². The van der Waals surface area contributed by atoms with Crippen LogP contribution in [-0.2, 0) is 7.05 Å². The molecule has 4 nitrogen and oxygen atoms in total. The molecule has 2 unspecified atom stereocenters. The number of aryl methyl sites for hydroxylation is 1. The van der Waals surface area contributed by atoms with E-state index in [9.17, 15) is 0 Å². The fourth-order valence-corrected chi connectivity index (χ4v) is 2.31. The maximum absolute atomic E-state index is 6.20. The van der Waals surface area contributed by atoms with E-state index in [-0.39, 0.29) is 11.3 Å². The molecule has 0 bridgehead atoms. The van der Waals surface area contributed by atoms with Gasteiger partial charge in [0.25, 0.3) is 0 Å². The molecular formula is C11H15ClN4. The molecule has 2 heterocycles. The van der Waals surface area contributed by atoms with E-state index in [0.29, 0.717) is 0 Å². The third kappa shape index (κ3) is 1.78. The van der Waals surface area contributed by atoms with Crippen molar-refractivity contribution >= 4 is 22.6 Å². The number of rotatable bonds is 3. The quantitative estimate of drug-likeness (QED) is 0.772. The summed E-state index contributed by atoms with van der Waals surface area (Å²) in [5.41, 5.74) is 1.86. The summed E-state index contributed by atoms with van der Waals surface area (Å²) in [6, 6.07) is 0. The van der Waals surface area contributed by atoms with Crippen molar-refractivity contribution in [2.45, 2.75) is 31.6 Å². The smallest absolute Gasteiger partial charge is 0.161 e.